The molecule has 0 radical (unpaired) electrons. The molecule has 0 unspecified atom stereocenters. The van der Waals surface area contributed by atoms with Gasteiger partial charge in [-0.2, -0.15) is 0 Å². The lowest BCUT2D eigenvalue weighted by atomic mass is 10.0. The van der Waals surface area contributed by atoms with E-state index in [1.807, 2.05) is 30.3 Å². The molecule has 2 aliphatic rings. The van der Waals surface area contributed by atoms with Gasteiger partial charge >= 0.3 is 0 Å². The third-order valence-electron chi connectivity index (χ3n) is 6.31. The average molecular weight is 510 g/mol. The molecule has 1 aliphatic heterocycles. The van der Waals surface area contributed by atoms with Gasteiger partial charge in [-0.05, 0) is 55.7 Å². The zero-order chi connectivity index (χ0) is 23.9. The van der Waals surface area contributed by atoms with Crippen LogP contribution in [-0.4, -0.2) is 35.0 Å². The summed E-state index contributed by atoms with van der Waals surface area (Å²) in [5.41, 5.74) is 3.23. The molecule has 7 nitrogen and oxygen atoms in total. The fourth-order valence-corrected chi connectivity index (χ4v) is 6.65. The van der Waals surface area contributed by atoms with Crippen LogP contribution in [0, 0.1) is 6.92 Å². The molecule has 4 aromatic rings. The number of hydrogen-bond donors (Lipinski definition) is 2. The molecule has 6 rings (SSSR count). The number of thiazole rings is 1. The van der Waals surface area contributed by atoms with E-state index in [9.17, 15) is 9.18 Å². The van der Waals surface area contributed by atoms with Crippen LogP contribution >= 0.6 is 22.7 Å². The number of carbonyl (C=O) groups excluding carboxylic acids is 1. The maximum absolute atomic E-state index is 13.2. The minimum absolute atomic E-state index is 0.0436. The largest absolute Gasteiger partial charge is 0.441 e. The van der Waals surface area contributed by atoms with Crippen LogP contribution in [0.25, 0.3) is 20.6 Å². The number of aryl methyl sites for hydroxylation is 1. The summed E-state index contributed by atoms with van der Waals surface area (Å²) in [5, 5.41) is 7.53. The van der Waals surface area contributed by atoms with Gasteiger partial charge in [-0.1, -0.05) is 11.3 Å². The number of amides is 1. The average Bonchev–Trinajstić information content (AvgIpc) is 3.53. The Kier molecular flexibility index (Phi) is 5.77. The monoisotopic (exact) mass is 509 g/mol. The molecule has 0 bridgehead atoms. The predicted molar refractivity (Wildman–Crippen MR) is 139 cm³/mol. The highest BCUT2D eigenvalue weighted by Gasteiger charge is 2.23. The highest BCUT2D eigenvalue weighted by atomic mass is 32.1. The number of halogens is 1. The molecule has 1 saturated heterocycles. The van der Waals surface area contributed by atoms with Crippen molar-refractivity contribution in [1.29, 1.82) is 0 Å². The Morgan fingerprint density at radius 1 is 1.14 bits per heavy atom. The van der Waals surface area contributed by atoms with Crippen LogP contribution < -0.4 is 15.5 Å². The zero-order valence-corrected chi connectivity index (χ0v) is 20.8. The SMILES string of the molecule is Cc1nc2cc(NC(=O)c3cc4sc(N5CCC(NC6=CC=C(F)CC6)CC5)nc4s3)ccc2o1. The summed E-state index contributed by atoms with van der Waals surface area (Å²) < 4.78 is 19.7. The van der Waals surface area contributed by atoms with Crippen LogP contribution in [0.3, 0.4) is 0 Å². The molecule has 1 aliphatic carbocycles. The lowest BCUT2D eigenvalue weighted by molar-refractivity contribution is 0.103. The lowest BCUT2D eigenvalue weighted by Gasteiger charge is -2.33. The van der Waals surface area contributed by atoms with Crippen LogP contribution in [0.15, 0.2) is 52.4 Å². The summed E-state index contributed by atoms with van der Waals surface area (Å²) in [6, 6.07) is 7.77. The number of benzene rings is 1. The summed E-state index contributed by atoms with van der Waals surface area (Å²) in [6.07, 6.45) is 6.69. The molecule has 1 fully saturated rings. The fourth-order valence-electron chi connectivity index (χ4n) is 4.49. The van der Waals surface area contributed by atoms with Crippen molar-refractivity contribution in [2.45, 2.75) is 38.6 Å². The first-order valence-electron chi connectivity index (χ1n) is 11.7. The van der Waals surface area contributed by atoms with E-state index in [2.05, 4.69) is 20.5 Å². The number of rotatable bonds is 5. The molecular formula is C25H24FN5O2S2. The van der Waals surface area contributed by atoms with Gasteiger partial charge in [0.2, 0.25) is 0 Å². The number of nitrogens with one attached hydrogen (secondary N) is 2. The topological polar surface area (TPSA) is 83.3 Å². The first-order chi connectivity index (χ1) is 17.0. The van der Waals surface area contributed by atoms with E-state index >= 15 is 0 Å². The third-order valence-corrected chi connectivity index (χ3v) is 8.53. The smallest absolute Gasteiger partial charge is 0.265 e. The van der Waals surface area contributed by atoms with Crippen molar-refractivity contribution in [2.24, 2.45) is 0 Å². The Labute approximate surface area is 209 Å². The first kappa shape index (κ1) is 22.2. The molecule has 2 N–H and O–H groups in total. The van der Waals surface area contributed by atoms with E-state index in [1.54, 1.807) is 24.3 Å². The van der Waals surface area contributed by atoms with Crippen molar-refractivity contribution in [3.8, 4) is 0 Å². The van der Waals surface area contributed by atoms with E-state index in [1.165, 1.54) is 11.3 Å². The Bertz CT molecular complexity index is 1440. The highest BCUT2D eigenvalue weighted by molar-refractivity contribution is 7.29. The van der Waals surface area contributed by atoms with E-state index in [0.29, 0.717) is 34.5 Å². The molecule has 3 aromatic heterocycles. The number of oxazole rings is 1. The van der Waals surface area contributed by atoms with Gasteiger partial charge < -0.3 is 20.0 Å². The molecule has 180 valence electrons. The second-order valence-electron chi connectivity index (χ2n) is 8.86. The van der Waals surface area contributed by atoms with Crippen molar-refractivity contribution in [1.82, 2.24) is 15.3 Å². The van der Waals surface area contributed by atoms with E-state index in [-0.39, 0.29) is 11.7 Å². The number of thiophene rings is 1. The number of allylic oxidation sites excluding steroid dienone is 4. The normalized spacial score (nSPS) is 17.0. The van der Waals surface area contributed by atoms with Crippen molar-refractivity contribution >= 4 is 60.0 Å². The van der Waals surface area contributed by atoms with Crippen LogP contribution in [0.5, 0.6) is 0 Å². The highest BCUT2D eigenvalue weighted by Crippen LogP contribution is 2.36. The summed E-state index contributed by atoms with van der Waals surface area (Å²) >= 11 is 3.04. The summed E-state index contributed by atoms with van der Waals surface area (Å²) in [4.78, 5) is 25.8. The van der Waals surface area contributed by atoms with Gasteiger partial charge in [-0.3, -0.25) is 4.79 Å². The Hall–Kier alpha value is -3.24. The quantitative estimate of drug-likeness (QED) is 0.336. The number of fused-ring (bicyclic) bond motifs is 2. The third kappa shape index (κ3) is 4.68. The molecule has 0 atom stereocenters. The van der Waals surface area contributed by atoms with Gasteiger partial charge in [-0.15, -0.1) is 11.3 Å². The minimum Gasteiger partial charge on any atom is -0.441 e. The van der Waals surface area contributed by atoms with Crippen LogP contribution in [0.1, 0.15) is 41.2 Å². The Balaban J connectivity index is 1.08. The minimum atomic E-state index is -0.153. The Morgan fingerprint density at radius 3 is 2.77 bits per heavy atom. The predicted octanol–water partition coefficient (Wildman–Crippen LogP) is 6.15. The maximum atomic E-state index is 13.2. The van der Waals surface area contributed by atoms with E-state index < -0.39 is 0 Å². The molecule has 35 heavy (non-hydrogen) atoms. The van der Waals surface area contributed by atoms with Crippen molar-refractivity contribution in [3.63, 3.8) is 0 Å². The van der Waals surface area contributed by atoms with Gasteiger partial charge in [0.05, 0.1) is 9.58 Å². The van der Waals surface area contributed by atoms with Gasteiger partial charge in [0, 0.05) is 43.9 Å². The number of nitrogens with zero attached hydrogens (tertiary/aromatic N) is 3. The van der Waals surface area contributed by atoms with Crippen molar-refractivity contribution in [2.75, 3.05) is 23.3 Å². The number of anilines is 2. The van der Waals surface area contributed by atoms with Crippen molar-refractivity contribution < 1.29 is 13.6 Å². The van der Waals surface area contributed by atoms with E-state index in [0.717, 1.165) is 58.2 Å². The summed E-state index contributed by atoms with van der Waals surface area (Å²) in [7, 11) is 0. The second-order valence-corrected chi connectivity index (χ2v) is 10.9. The maximum Gasteiger partial charge on any atom is 0.265 e. The number of piperidine rings is 1. The fraction of sp³-hybridized carbons (Fsp3) is 0.320. The molecular weight excluding hydrogens is 485 g/mol. The summed E-state index contributed by atoms with van der Waals surface area (Å²) in [5.74, 6) is 0.401. The molecule has 10 heteroatoms. The van der Waals surface area contributed by atoms with Gasteiger partial charge in [0.25, 0.3) is 5.91 Å². The van der Waals surface area contributed by atoms with Gasteiger partial charge in [-0.25, -0.2) is 14.4 Å². The first-order valence-corrected chi connectivity index (χ1v) is 13.3. The van der Waals surface area contributed by atoms with Gasteiger partial charge in [0.15, 0.2) is 16.6 Å². The zero-order valence-electron chi connectivity index (χ0n) is 19.1. The van der Waals surface area contributed by atoms with Crippen molar-refractivity contribution in [3.05, 3.63) is 58.7 Å². The molecule has 1 aromatic carbocycles. The molecule has 0 saturated carbocycles. The standard InChI is InChI=1S/C25H24FN5O2S2/c1-14-27-19-12-18(6-7-20(19)33-14)29-23(32)21-13-22-24(34-21)30-25(35-22)31-10-8-17(9-11-31)28-16-4-2-15(26)3-5-16/h2,4,6-7,12-13,17,28H,3,5,8-11H2,1H3,(H,29,32). The van der Waals surface area contributed by atoms with Crippen LogP contribution in [0.2, 0.25) is 0 Å². The van der Waals surface area contributed by atoms with Gasteiger partial charge in [0.1, 0.15) is 16.2 Å². The number of aromatic nitrogens is 2. The van der Waals surface area contributed by atoms with E-state index in [4.69, 9.17) is 9.40 Å². The summed E-state index contributed by atoms with van der Waals surface area (Å²) in [6.45, 7) is 3.65. The molecule has 4 heterocycles. The molecule has 0 spiro atoms. The number of carbonyl (C=O) groups is 1. The van der Waals surface area contributed by atoms with Crippen LogP contribution in [0.4, 0.5) is 15.2 Å². The number of hydrogen-bond acceptors (Lipinski definition) is 8. The molecule has 1 amide bonds. The lowest BCUT2D eigenvalue weighted by Crippen LogP contribution is -2.42. The second kappa shape index (κ2) is 9.09. The Morgan fingerprint density at radius 2 is 2.00 bits per heavy atom. The van der Waals surface area contributed by atoms with Crippen LogP contribution in [-0.2, 0) is 0 Å².